The van der Waals surface area contributed by atoms with Crippen LogP contribution in [0.2, 0.25) is 0 Å². The van der Waals surface area contributed by atoms with Gasteiger partial charge in [0.1, 0.15) is 34.5 Å². The molecule has 4 heteroatoms. The van der Waals surface area contributed by atoms with Gasteiger partial charge in [-0.15, -0.1) is 0 Å². The molecule has 3 aliphatic heterocycles. The van der Waals surface area contributed by atoms with Gasteiger partial charge in [-0.25, -0.2) is 0 Å². The fourth-order valence-corrected chi connectivity index (χ4v) is 10.7. The Bertz CT molecular complexity index is 3420. The van der Waals surface area contributed by atoms with Gasteiger partial charge in [-0.1, -0.05) is 127 Å². The van der Waals surface area contributed by atoms with Crippen LogP contribution in [0.25, 0.3) is 76.8 Å². The standard InChI is InChI=1S/C55H31BO3/c1-2-14-39-37(12-1)38-13-3-4-15-40(38)44-27-32(24-25-43(39)44)31-10-5-11-33(26-31)35-16-6-18-41-42-19-7-17-36(46(42)30-45(35)41)34-28-51-55-52(29-34)59-50-23-9-21-48-54(50)56(55)53-47(57-48)20-8-22-49(53)58-51/h1-29H,30H2. The van der Waals surface area contributed by atoms with Gasteiger partial charge in [-0.05, 0) is 143 Å². The molecule has 10 aromatic rings. The molecule has 0 bridgehead atoms. The summed E-state index contributed by atoms with van der Waals surface area (Å²) in [5, 5.41) is 7.75. The summed E-state index contributed by atoms with van der Waals surface area (Å²) in [6, 6.07) is 63.8. The van der Waals surface area contributed by atoms with Crippen molar-refractivity contribution in [1.82, 2.24) is 0 Å². The van der Waals surface area contributed by atoms with Crippen molar-refractivity contribution in [3.05, 3.63) is 187 Å². The summed E-state index contributed by atoms with van der Waals surface area (Å²) in [4.78, 5) is 0. The number of fused-ring (bicyclic) bond motifs is 9. The van der Waals surface area contributed by atoms with E-state index >= 15 is 0 Å². The minimum absolute atomic E-state index is 0.000555. The number of hydrogen-bond acceptors (Lipinski definition) is 3. The number of hydrogen-bond donors (Lipinski definition) is 0. The van der Waals surface area contributed by atoms with E-state index < -0.39 is 0 Å². The molecule has 0 spiro atoms. The predicted molar refractivity (Wildman–Crippen MR) is 241 cm³/mol. The summed E-state index contributed by atoms with van der Waals surface area (Å²) in [5.74, 6) is 5.06. The zero-order chi connectivity index (χ0) is 38.3. The van der Waals surface area contributed by atoms with Gasteiger partial charge in [-0.2, -0.15) is 0 Å². The van der Waals surface area contributed by atoms with Crippen LogP contribution in [-0.2, 0) is 6.42 Å². The maximum Gasteiger partial charge on any atom is 0.270 e. The van der Waals surface area contributed by atoms with E-state index in [0.29, 0.717) is 0 Å². The van der Waals surface area contributed by atoms with Crippen LogP contribution in [-0.4, -0.2) is 6.71 Å². The van der Waals surface area contributed by atoms with E-state index in [1.54, 1.807) is 0 Å². The molecule has 0 saturated heterocycles. The van der Waals surface area contributed by atoms with Crippen LogP contribution in [0.5, 0.6) is 34.5 Å². The van der Waals surface area contributed by atoms with Gasteiger partial charge in [0, 0.05) is 16.4 Å². The molecule has 14 rings (SSSR count). The first kappa shape index (κ1) is 31.5. The molecule has 10 aromatic carbocycles. The van der Waals surface area contributed by atoms with Gasteiger partial charge in [0.25, 0.3) is 6.71 Å². The second-order valence-corrected chi connectivity index (χ2v) is 16.2. The van der Waals surface area contributed by atoms with Gasteiger partial charge in [0.2, 0.25) is 0 Å². The first-order valence-electron chi connectivity index (χ1n) is 20.4. The van der Waals surface area contributed by atoms with Crippen LogP contribution in [0.4, 0.5) is 0 Å². The van der Waals surface area contributed by atoms with E-state index in [0.717, 1.165) is 62.9 Å². The van der Waals surface area contributed by atoms with Crippen molar-refractivity contribution in [2.24, 2.45) is 0 Å². The van der Waals surface area contributed by atoms with Crippen molar-refractivity contribution < 1.29 is 14.2 Å². The van der Waals surface area contributed by atoms with E-state index in [2.05, 4.69) is 152 Å². The second-order valence-electron chi connectivity index (χ2n) is 16.2. The predicted octanol–water partition coefficient (Wildman–Crippen LogP) is 12.6. The molecule has 0 fully saturated rings. The summed E-state index contributed by atoms with van der Waals surface area (Å²) in [5.41, 5.74) is 15.7. The van der Waals surface area contributed by atoms with Gasteiger partial charge >= 0.3 is 0 Å². The van der Waals surface area contributed by atoms with Gasteiger partial charge in [0.05, 0.1) is 0 Å². The molecular formula is C55H31BO3. The zero-order valence-electron chi connectivity index (χ0n) is 31.8. The summed E-state index contributed by atoms with van der Waals surface area (Å²) in [7, 11) is 0. The van der Waals surface area contributed by atoms with Crippen molar-refractivity contribution >= 4 is 55.4 Å². The van der Waals surface area contributed by atoms with Crippen molar-refractivity contribution in [2.75, 3.05) is 0 Å². The fourth-order valence-electron chi connectivity index (χ4n) is 10.7. The highest BCUT2D eigenvalue weighted by Crippen LogP contribution is 2.48. The highest BCUT2D eigenvalue weighted by atomic mass is 16.5. The lowest BCUT2D eigenvalue weighted by molar-refractivity contribution is 0.443. The van der Waals surface area contributed by atoms with E-state index in [1.807, 2.05) is 24.3 Å². The van der Waals surface area contributed by atoms with E-state index in [4.69, 9.17) is 14.2 Å². The third kappa shape index (κ3) is 4.33. The first-order valence-corrected chi connectivity index (χ1v) is 20.4. The Morgan fingerprint density at radius 2 is 0.712 bits per heavy atom. The third-order valence-corrected chi connectivity index (χ3v) is 13.2. The topological polar surface area (TPSA) is 27.7 Å². The lowest BCUT2D eigenvalue weighted by Gasteiger charge is -2.37. The fraction of sp³-hybridized carbons (Fsp3) is 0.0182. The van der Waals surface area contributed by atoms with E-state index in [1.165, 1.54) is 82.4 Å². The van der Waals surface area contributed by atoms with Gasteiger partial charge < -0.3 is 14.2 Å². The highest BCUT2D eigenvalue weighted by Gasteiger charge is 2.46. The average Bonchev–Trinajstić information content (AvgIpc) is 3.68. The summed E-state index contributed by atoms with van der Waals surface area (Å²) in [6.07, 6.45) is 0.836. The zero-order valence-corrected chi connectivity index (χ0v) is 31.8. The molecule has 4 aliphatic rings. The molecule has 3 heterocycles. The average molecular weight is 751 g/mol. The summed E-state index contributed by atoms with van der Waals surface area (Å²) in [6.45, 7) is 0.000555. The Balaban J connectivity index is 0.866. The molecule has 59 heavy (non-hydrogen) atoms. The van der Waals surface area contributed by atoms with Crippen LogP contribution in [0, 0.1) is 0 Å². The minimum atomic E-state index is 0.000555. The summed E-state index contributed by atoms with van der Waals surface area (Å²) < 4.78 is 19.8. The van der Waals surface area contributed by atoms with E-state index in [9.17, 15) is 0 Å². The molecule has 3 nitrogen and oxygen atoms in total. The largest absolute Gasteiger partial charge is 0.458 e. The third-order valence-electron chi connectivity index (χ3n) is 13.2. The maximum absolute atomic E-state index is 6.72. The molecule has 272 valence electrons. The Morgan fingerprint density at radius 3 is 1.31 bits per heavy atom. The van der Waals surface area contributed by atoms with Crippen LogP contribution in [0.3, 0.4) is 0 Å². The highest BCUT2D eigenvalue weighted by molar-refractivity contribution is 6.99. The van der Waals surface area contributed by atoms with Crippen molar-refractivity contribution in [3.63, 3.8) is 0 Å². The molecule has 0 atom stereocenters. The Kier molecular flexibility index (Phi) is 6.16. The van der Waals surface area contributed by atoms with Gasteiger partial charge in [0.15, 0.2) is 0 Å². The number of rotatable bonds is 3. The van der Waals surface area contributed by atoms with Crippen molar-refractivity contribution in [3.8, 4) is 79.0 Å². The second kappa shape index (κ2) is 11.5. The maximum atomic E-state index is 6.72. The SMILES string of the molecule is c1cc(-c2ccc3c4ccccc4c4ccccc4c3c2)cc(-c2cccc3c2Cc2c(-c4cc5c6c(c4)Oc4cccc7c4B6c4c(cccc4O5)O7)cccc2-3)c1. The Labute approximate surface area is 340 Å². The normalized spacial score (nSPS) is 13.4. The smallest absolute Gasteiger partial charge is 0.270 e. The monoisotopic (exact) mass is 750 g/mol. The molecular weight excluding hydrogens is 719 g/mol. The van der Waals surface area contributed by atoms with Crippen LogP contribution < -0.4 is 30.6 Å². The molecule has 0 radical (unpaired) electrons. The van der Waals surface area contributed by atoms with Gasteiger partial charge in [-0.3, -0.25) is 0 Å². The summed E-state index contributed by atoms with van der Waals surface area (Å²) >= 11 is 0. The van der Waals surface area contributed by atoms with E-state index in [-0.39, 0.29) is 6.71 Å². The number of benzene rings is 10. The molecule has 0 aromatic heterocycles. The van der Waals surface area contributed by atoms with Crippen molar-refractivity contribution in [2.45, 2.75) is 6.42 Å². The Hall–Kier alpha value is -7.56. The van der Waals surface area contributed by atoms with Crippen LogP contribution >= 0.6 is 0 Å². The molecule has 0 amide bonds. The Morgan fingerprint density at radius 1 is 0.288 bits per heavy atom. The molecule has 0 saturated carbocycles. The quantitative estimate of drug-likeness (QED) is 0.133. The molecule has 0 N–H and O–H groups in total. The molecule has 0 unspecified atom stereocenters. The lowest BCUT2D eigenvalue weighted by Crippen LogP contribution is -2.59. The molecule has 1 aliphatic carbocycles. The first-order chi connectivity index (χ1) is 29.2. The van der Waals surface area contributed by atoms with Crippen LogP contribution in [0.1, 0.15) is 11.1 Å². The lowest BCUT2D eigenvalue weighted by atomic mass is 9.34. The van der Waals surface area contributed by atoms with Crippen LogP contribution in [0.15, 0.2) is 176 Å². The number of ether oxygens (including phenoxy) is 3. The minimum Gasteiger partial charge on any atom is -0.458 e. The van der Waals surface area contributed by atoms with Crippen molar-refractivity contribution in [1.29, 1.82) is 0 Å².